The van der Waals surface area contributed by atoms with E-state index in [9.17, 15) is 123 Å². The molecule has 0 aliphatic carbocycles. The molecule has 0 fully saturated rings. The van der Waals surface area contributed by atoms with Gasteiger partial charge in [0.1, 0.15) is 0 Å². The molecule has 0 aromatic rings. The average Bonchev–Trinajstić information content (AvgIpc) is 2.75. The van der Waals surface area contributed by atoms with Gasteiger partial charge in [0.15, 0.2) is 0 Å². The van der Waals surface area contributed by atoms with E-state index in [-0.39, 0.29) is 0 Å². The zero-order valence-electron chi connectivity index (χ0n) is 18.4. The van der Waals surface area contributed by atoms with Crippen molar-refractivity contribution < 1.29 is 127 Å². The Kier molecular flexibility index (Phi) is 9.58. The Morgan fingerprint density at radius 3 is 0.591 bits per heavy atom. The zero-order chi connectivity index (χ0) is 37.0. The summed E-state index contributed by atoms with van der Waals surface area (Å²) in [6.07, 6.45) is -8.26. The fourth-order valence-corrected chi connectivity index (χ4v) is 2.87. The SMILES string of the molecule is O=S(=O)(O)C(F)(Cl)C(F)(F)C(F)(F)C(F)(F)C(F)(F)C(F)(F)C(F)(F)C(F)(F)C(F)(F)C(F)(F)C(F)(F)C(F)(F)C(F)(F)F. The van der Waals surface area contributed by atoms with Crippen LogP contribution in [0.25, 0.3) is 0 Å². The third-order valence-electron chi connectivity index (χ3n) is 4.99. The molecule has 1 unspecified atom stereocenters. The van der Waals surface area contributed by atoms with Crippen molar-refractivity contribution in [3.05, 3.63) is 0 Å². The molecule has 266 valence electrons. The molecule has 0 aliphatic heterocycles. The van der Waals surface area contributed by atoms with Gasteiger partial charge < -0.3 is 0 Å². The highest BCUT2D eigenvalue weighted by Gasteiger charge is 3.00. The number of hydrogen-bond donors (Lipinski definition) is 1. The lowest BCUT2D eigenvalue weighted by Crippen LogP contribution is -2.79. The number of halogens is 27. The van der Waals surface area contributed by atoms with E-state index >= 15 is 0 Å². The van der Waals surface area contributed by atoms with Crippen molar-refractivity contribution in [2.75, 3.05) is 0 Å². The lowest BCUT2D eigenvalue weighted by atomic mass is 9.84. The molecule has 0 radical (unpaired) electrons. The van der Waals surface area contributed by atoms with Crippen LogP contribution in [0.2, 0.25) is 0 Å². The van der Waals surface area contributed by atoms with Gasteiger partial charge in [-0.1, -0.05) is 11.6 Å². The normalized spacial score (nSPS) is 18.4. The van der Waals surface area contributed by atoms with Crippen LogP contribution in [0.15, 0.2) is 0 Å². The van der Waals surface area contributed by atoms with Crippen LogP contribution in [0.4, 0.5) is 114 Å². The first kappa shape index (κ1) is 42.4. The molecule has 1 N–H and O–H groups in total. The first-order valence-corrected chi connectivity index (χ1v) is 10.6. The molecule has 3 nitrogen and oxygen atoms in total. The Hall–Kier alpha value is -1.62. The van der Waals surface area contributed by atoms with Crippen molar-refractivity contribution >= 4 is 21.7 Å². The molecule has 0 saturated carbocycles. The maximum absolute atomic E-state index is 13.6. The summed E-state index contributed by atoms with van der Waals surface area (Å²) in [6.45, 7) is 0. The Morgan fingerprint density at radius 2 is 0.455 bits per heavy atom. The van der Waals surface area contributed by atoms with Crippen molar-refractivity contribution in [1.29, 1.82) is 0 Å². The van der Waals surface area contributed by atoms with Crippen molar-refractivity contribution in [2.45, 2.75) is 75.8 Å². The zero-order valence-corrected chi connectivity index (χ0v) is 19.9. The highest BCUT2D eigenvalue weighted by Crippen LogP contribution is 2.68. The van der Waals surface area contributed by atoms with Crippen LogP contribution >= 0.6 is 11.6 Å². The summed E-state index contributed by atoms with van der Waals surface area (Å²) in [4.78, 5) is 0. The fraction of sp³-hybridized carbons (Fsp3) is 1.00. The van der Waals surface area contributed by atoms with E-state index < -0.39 is 85.9 Å². The summed E-state index contributed by atoms with van der Waals surface area (Å²) in [7, 11) is -7.87. The molecule has 0 saturated heterocycles. The van der Waals surface area contributed by atoms with Crippen molar-refractivity contribution in [2.24, 2.45) is 0 Å². The van der Waals surface area contributed by atoms with Gasteiger partial charge in [0.05, 0.1) is 0 Å². The van der Waals surface area contributed by atoms with Crippen molar-refractivity contribution in [1.82, 2.24) is 0 Å². The summed E-state index contributed by atoms with van der Waals surface area (Å²) in [5.41, 5.74) is 0. The van der Waals surface area contributed by atoms with Crippen molar-refractivity contribution in [3.8, 4) is 0 Å². The second kappa shape index (κ2) is 9.94. The highest BCUT2D eigenvalue weighted by atomic mass is 35.5. The van der Waals surface area contributed by atoms with Gasteiger partial charge in [0.2, 0.25) is 0 Å². The van der Waals surface area contributed by atoms with E-state index in [1.54, 1.807) is 0 Å². The van der Waals surface area contributed by atoms with Gasteiger partial charge in [0.25, 0.3) is 0 Å². The number of hydrogen-bond acceptors (Lipinski definition) is 2. The van der Waals surface area contributed by atoms with Gasteiger partial charge in [-0.2, -0.15) is 123 Å². The van der Waals surface area contributed by atoms with Gasteiger partial charge in [0, 0.05) is 0 Å². The summed E-state index contributed by atoms with van der Waals surface area (Å²) in [5, 5.41) is 0. The molecule has 31 heteroatoms. The topological polar surface area (TPSA) is 54.4 Å². The molecule has 0 spiro atoms. The van der Waals surface area contributed by atoms with E-state index in [1.165, 1.54) is 0 Å². The standard InChI is InChI=1S/C13HClF26O3S/c14-12(37,44(41,42)43)10(33,34)8(29,30)6(25,26)4(21,22)2(17,18)1(15,16)3(19,20)5(23,24)7(27,28)9(31,32)11(35,36)13(38,39)40/h(H,41,42,43). The predicted molar refractivity (Wildman–Crippen MR) is 81.7 cm³/mol. The number of alkyl halides is 27. The molecule has 44 heavy (non-hydrogen) atoms. The van der Waals surface area contributed by atoms with Crippen LogP contribution in [0.5, 0.6) is 0 Å². The van der Waals surface area contributed by atoms with Crippen LogP contribution in [0.3, 0.4) is 0 Å². The second-order valence-corrected chi connectivity index (χ2v) is 10.1. The molecule has 0 amide bonds. The van der Waals surface area contributed by atoms with E-state index in [4.69, 9.17) is 4.55 Å². The van der Waals surface area contributed by atoms with E-state index in [1.807, 2.05) is 0 Å². The first-order chi connectivity index (χ1) is 18.2. The van der Waals surface area contributed by atoms with E-state index in [0.29, 0.717) is 0 Å². The van der Waals surface area contributed by atoms with Crippen LogP contribution in [0.1, 0.15) is 0 Å². The average molecular weight is 767 g/mol. The Morgan fingerprint density at radius 1 is 0.318 bits per heavy atom. The largest absolute Gasteiger partial charge is 0.460 e. The van der Waals surface area contributed by atoms with Gasteiger partial charge in [-0.05, 0) is 0 Å². The van der Waals surface area contributed by atoms with Crippen LogP contribution in [0, 0.1) is 0 Å². The second-order valence-electron chi connectivity index (χ2n) is 7.81. The lowest BCUT2D eigenvalue weighted by molar-refractivity contribution is -0.482. The molecule has 0 bridgehead atoms. The number of rotatable bonds is 12. The summed E-state index contributed by atoms with van der Waals surface area (Å²) in [5.74, 6) is -104. The molecule has 0 aromatic heterocycles. The Balaban J connectivity index is 7.56. The first-order valence-electron chi connectivity index (χ1n) is 8.82. The van der Waals surface area contributed by atoms with Crippen LogP contribution < -0.4 is 0 Å². The van der Waals surface area contributed by atoms with Crippen LogP contribution in [-0.2, 0) is 10.1 Å². The summed E-state index contributed by atoms with van der Waals surface area (Å²) in [6, 6.07) is 0. The van der Waals surface area contributed by atoms with Gasteiger partial charge >= 0.3 is 85.9 Å². The minimum absolute atomic E-state index is 3.48. The summed E-state index contributed by atoms with van der Waals surface area (Å²) >= 11 is 3.48. The highest BCUT2D eigenvalue weighted by molar-refractivity contribution is 7.88. The predicted octanol–water partition coefficient (Wildman–Crippen LogP) is 8.29. The van der Waals surface area contributed by atoms with Crippen molar-refractivity contribution in [3.63, 3.8) is 0 Å². The monoisotopic (exact) mass is 766 g/mol. The van der Waals surface area contributed by atoms with Gasteiger partial charge in [-0.3, -0.25) is 4.55 Å². The quantitative estimate of drug-likeness (QED) is 0.124. The summed E-state index contributed by atoms with van der Waals surface area (Å²) < 4.78 is 366. The van der Waals surface area contributed by atoms with Gasteiger partial charge in [-0.15, -0.1) is 0 Å². The van der Waals surface area contributed by atoms with Gasteiger partial charge in [-0.25, -0.2) is 0 Å². The maximum Gasteiger partial charge on any atom is 0.460 e. The minimum Gasteiger partial charge on any atom is -0.282 e. The fourth-order valence-electron chi connectivity index (χ4n) is 2.30. The molecule has 0 aliphatic rings. The Bertz CT molecular complexity index is 1200. The molecule has 1 atom stereocenters. The van der Waals surface area contributed by atoms with E-state index in [2.05, 4.69) is 11.6 Å². The molecule has 0 rings (SSSR count). The molecular formula is C13HClF26O3S. The van der Waals surface area contributed by atoms with Crippen LogP contribution in [-0.4, -0.2) is 88.8 Å². The maximum atomic E-state index is 13.6. The molecule has 0 heterocycles. The molecule has 0 aromatic carbocycles. The third kappa shape index (κ3) is 4.70. The minimum atomic E-state index is -9.86. The molecular weight excluding hydrogens is 766 g/mol. The lowest BCUT2D eigenvalue weighted by Gasteiger charge is -2.46. The van der Waals surface area contributed by atoms with E-state index in [0.717, 1.165) is 0 Å². The smallest absolute Gasteiger partial charge is 0.282 e. The third-order valence-corrected chi connectivity index (χ3v) is 6.72. The Labute approximate surface area is 225 Å².